The normalized spacial score (nSPS) is 15.0. The van der Waals surface area contributed by atoms with Gasteiger partial charge in [0.2, 0.25) is 0 Å². The van der Waals surface area contributed by atoms with Crippen LogP contribution in [0.4, 0.5) is 4.79 Å². The maximum Gasteiger partial charge on any atom is 0.329 e. The smallest absolute Gasteiger partial charge is 0.329 e. The topological polar surface area (TPSA) is 103 Å². The average Bonchev–Trinajstić information content (AvgIpc) is 3.30. The molecule has 1 N–H and O–H groups in total. The van der Waals surface area contributed by atoms with Crippen LogP contribution in [0.3, 0.4) is 0 Å². The lowest BCUT2D eigenvalue weighted by Crippen LogP contribution is -2.30. The van der Waals surface area contributed by atoms with Crippen LogP contribution in [0.2, 0.25) is 0 Å². The van der Waals surface area contributed by atoms with E-state index in [-0.39, 0.29) is 17.8 Å². The fraction of sp³-hybridized carbons (Fsp3) is 0.0870. The van der Waals surface area contributed by atoms with Crippen molar-refractivity contribution in [1.82, 2.24) is 10.2 Å². The summed E-state index contributed by atoms with van der Waals surface area (Å²) >= 11 is 0. The number of carboxylic acids is 1. The molecule has 0 aliphatic carbocycles. The maximum atomic E-state index is 12.6. The Bertz CT molecular complexity index is 1160. The van der Waals surface area contributed by atoms with Gasteiger partial charge >= 0.3 is 6.03 Å². The fourth-order valence-corrected chi connectivity index (χ4v) is 3.09. The highest BCUT2D eigenvalue weighted by molar-refractivity contribution is 6.13. The number of aromatic carboxylic acids is 1. The number of carbonyl (C=O) groups is 3. The van der Waals surface area contributed by atoms with Crippen LogP contribution in [0, 0.1) is 6.92 Å². The Kier molecular flexibility index (Phi) is 4.93. The van der Waals surface area contributed by atoms with Crippen LogP contribution in [0.15, 0.2) is 70.8 Å². The Balaban J connectivity index is 1.51. The van der Waals surface area contributed by atoms with Gasteiger partial charge in [-0.2, -0.15) is 0 Å². The highest BCUT2D eigenvalue weighted by Crippen LogP contribution is 2.25. The second-order valence-corrected chi connectivity index (χ2v) is 6.93. The molecule has 1 aliphatic heterocycles. The molecule has 150 valence electrons. The van der Waals surface area contributed by atoms with Gasteiger partial charge in [0.1, 0.15) is 17.2 Å². The minimum absolute atomic E-state index is 0.0700. The Morgan fingerprint density at radius 2 is 1.73 bits per heavy atom. The molecule has 0 atom stereocenters. The van der Waals surface area contributed by atoms with Crippen molar-refractivity contribution in [3.05, 3.63) is 88.8 Å². The summed E-state index contributed by atoms with van der Waals surface area (Å²) < 4.78 is 5.72. The molecule has 1 aromatic heterocycles. The number of nitrogens with zero attached hydrogens (tertiary/aromatic N) is 1. The van der Waals surface area contributed by atoms with Crippen LogP contribution in [0.5, 0.6) is 0 Å². The zero-order valence-corrected chi connectivity index (χ0v) is 16.0. The molecule has 3 amide bonds. The third-order valence-electron chi connectivity index (χ3n) is 4.74. The van der Waals surface area contributed by atoms with Gasteiger partial charge in [-0.3, -0.25) is 9.69 Å². The summed E-state index contributed by atoms with van der Waals surface area (Å²) in [5, 5.41) is 13.4. The molecule has 0 bridgehead atoms. The van der Waals surface area contributed by atoms with Gasteiger partial charge < -0.3 is 19.6 Å². The van der Waals surface area contributed by atoms with Crippen molar-refractivity contribution < 1.29 is 23.9 Å². The summed E-state index contributed by atoms with van der Waals surface area (Å²) in [5.74, 6) is -0.802. The molecular weight excluding hydrogens is 384 g/mol. The second kappa shape index (κ2) is 7.71. The standard InChI is InChI=1S/C23H18N2O5/c1-14-2-4-15(5-3-14)13-25-21(26)19(24-23(25)29)12-18-10-11-20(30-18)16-6-8-17(9-7-16)22(27)28/h2-12H,13H2,1H3,(H,24,29)(H,27,28)/p-1/b19-12+. The summed E-state index contributed by atoms with van der Waals surface area (Å²) in [7, 11) is 0. The second-order valence-electron chi connectivity index (χ2n) is 6.93. The molecule has 1 fully saturated rings. The lowest BCUT2D eigenvalue weighted by atomic mass is 10.1. The number of nitrogens with one attached hydrogen (secondary N) is 1. The van der Waals surface area contributed by atoms with E-state index in [1.54, 1.807) is 24.3 Å². The van der Waals surface area contributed by atoms with E-state index in [4.69, 9.17) is 4.42 Å². The summed E-state index contributed by atoms with van der Waals surface area (Å²) in [4.78, 5) is 36.9. The van der Waals surface area contributed by atoms with Crippen molar-refractivity contribution in [2.24, 2.45) is 0 Å². The van der Waals surface area contributed by atoms with Gasteiger partial charge in [-0.1, -0.05) is 54.1 Å². The van der Waals surface area contributed by atoms with Crippen LogP contribution >= 0.6 is 0 Å². The summed E-state index contributed by atoms with van der Waals surface area (Å²) in [6.07, 6.45) is 1.47. The predicted molar refractivity (Wildman–Crippen MR) is 107 cm³/mol. The fourth-order valence-electron chi connectivity index (χ4n) is 3.09. The molecule has 4 rings (SSSR count). The summed E-state index contributed by atoms with van der Waals surface area (Å²) in [5.41, 5.74) is 2.82. The zero-order valence-electron chi connectivity index (χ0n) is 16.0. The molecule has 0 saturated carbocycles. The molecular formula is C23H17N2O5-. The highest BCUT2D eigenvalue weighted by atomic mass is 16.4. The first kappa shape index (κ1) is 19.2. The third-order valence-corrected chi connectivity index (χ3v) is 4.74. The van der Waals surface area contributed by atoms with E-state index < -0.39 is 17.9 Å². The van der Waals surface area contributed by atoms with E-state index >= 15 is 0 Å². The number of urea groups is 1. The minimum Gasteiger partial charge on any atom is -0.545 e. The van der Waals surface area contributed by atoms with Crippen molar-refractivity contribution in [3.63, 3.8) is 0 Å². The highest BCUT2D eigenvalue weighted by Gasteiger charge is 2.33. The predicted octanol–water partition coefficient (Wildman–Crippen LogP) is 2.71. The minimum atomic E-state index is -1.25. The number of carbonyl (C=O) groups excluding carboxylic acids is 3. The van der Waals surface area contributed by atoms with Gasteiger partial charge in [0.15, 0.2) is 0 Å². The van der Waals surface area contributed by atoms with E-state index in [0.717, 1.165) is 16.0 Å². The number of imide groups is 1. The molecule has 30 heavy (non-hydrogen) atoms. The Morgan fingerprint density at radius 3 is 2.40 bits per heavy atom. The average molecular weight is 401 g/mol. The zero-order chi connectivity index (χ0) is 21.3. The molecule has 0 spiro atoms. The number of hydrogen-bond donors (Lipinski definition) is 1. The molecule has 0 unspecified atom stereocenters. The first-order chi connectivity index (χ1) is 14.4. The van der Waals surface area contributed by atoms with Crippen molar-refractivity contribution in [2.75, 3.05) is 0 Å². The van der Waals surface area contributed by atoms with Crippen molar-refractivity contribution >= 4 is 24.0 Å². The first-order valence-electron chi connectivity index (χ1n) is 9.22. The van der Waals surface area contributed by atoms with E-state index in [1.165, 1.54) is 18.2 Å². The molecule has 7 heteroatoms. The Labute approximate surface area is 172 Å². The largest absolute Gasteiger partial charge is 0.545 e. The van der Waals surface area contributed by atoms with Gasteiger partial charge in [-0.15, -0.1) is 0 Å². The molecule has 1 aliphatic rings. The number of aryl methyl sites for hydroxylation is 1. The van der Waals surface area contributed by atoms with Crippen LogP contribution in [-0.4, -0.2) is 22.8 Å². The molecule has 0 radical (unpaired) electrons. The Morgan fingerprint density at radius 1 is 1.03 bits per heavy atom. The quantitative estimate of drug-likeness (QED) is 0.523. The van der Waals surface area contributed by atoms with Crippen molar-refractivity contribution in [1.29, 1.82) is 0 Å². The molecule has 2 heterocycles. The number of carboxylic acid groups (broad SMARTS) is 1. The summed E-state index contributed by atoms with van der Waals surface area (Å²) in [6, 6.07) is 16.5. The van der Waals surface area contributed by atoms with Crippen molar-refractivity contribution in [2.45, 2.75) is 13.5 Å². The molecule has 3 aromatic rings. The van der Waals surface area contributed by atoms with Crippen LogP contribution < -0.4 is 10.4 Å². The number of rotatable bonds is 5. The molecule has 2 aromatic carbocycles. The number of furan rings is 1. The van der Waals surface area contributed by atoms with E-state index in [2.05, 4.69) is 5.32 Å². The number of benzene rings is 2. The lowest BCUT2D eigenvalue weighted by molar-refractivity contribution is -0.255. The van der Waals surface area contributed by atoms with Gasteiger partial charge in [0.25, 0.3) is 5.91 Å². The van der Waals surface area contributed by atoms with Crippen molar-refractivity contribution in [3.8, 4) is 11.3 Å². The van der Waals surface area contributed by atoms with Crippen LogP contribution in [0.1, 0.15) is 27.2 Å². The van der Waals surface area contributed by atoms with Gasteiger partial charge in [0, 0.05) is 11.6 Å². The van der Waals surface area contributed by atoms with Gasteiger partial charge in [-0.05, 0) is 30.2 Å². The van der Waals surface area contributed by atoms with E-state index in [1.807, 2.05) is 31.2 Å². The monoisotopic (exact) mass is 401 g/mol. The molecule has 1 saturated heterocycles. The lowest BCUT2D eigenvalue weighted by Gasteiger charge is -2.11. The first-order valence-corrected chi connectivity index (χ1v) is 9.22. The summed E-state index contributed by atoms with van der Waals surface area (Å²) in [6.45, 7) is 2.14. The van der Waals surface area contributed by atoms with Gasteiger partial charge in [0.05, 0.1) is 12.5 Å². The SMILES string of the molecule is Cc1ccc(CN2C(=O)N/C(=C/c3ccc(-c4ccc(C(=O)[O-])cc4)o3)C2=O)cc1. The number of hydrogen-bond acceptors (Lipinski definition) is 5. The van der Waals surface area contributed by atoms with Crippen LogP contribution in [0.25, 0.3) is 17.4 Å². The third kappa shape index (κ3) is 3.86. The maximum absolute atomic E-state index is 12.6. The molecule has 7 nitrogen and oxygen atoms in total. The Hall–Kier alpha value is -4.13. The number of amides is 3. The van der Waals surface area contributed by atoms with E-state index in [0.29, 0.717) is 17.1 Å². The van der Waals surface area contributed by atoms with Gasteiger partial charge in [-0.25, -0.2) is 4.79 Å². The van der Waals surface area contributed by atoms with Crippen LogP contribution in [-0.2, 0) is 11.3 Å². The van der Waals surface area contributed by atoms with E-state index in [9.17, 15) is 19.5 Å².